The Balaban J connectivity index is 2.83. The third-order valence-electron chi connectivity index (χ3n) is 3.05. The third kappa shape index (κ3) is 2.12. The van der Waals surface area contributed by atoms with Gasteiger partial charge in [-0.2, -0.15) is 0 Å². The molecule has 1 heterocycles. The minimum atomic E-state index is -0.846. The summed E-state index contributed by atoms with van der Waals surface area (Å²) in [6.07, 6.45) is 1.30. The van der Waals surface area contributed by atoms with E-state index in [0.29, 0.717) is 0 Å². The average Bonchev–Trinajstić information content (AvgIpc) is 2.37. The van der Waals surface area contributed by atoms with Gasteiger partial charge in [0.05, 0.1) is 15.7 Å². The van der Waals surface area contributed by atoms with E-state index in [1.54, 1.807) is 0 Å². The first-order valence-electron chi connectivity index (χ1n) is 5.61. The second-order valence-corrected chi connectivity index (χ2v) is 4.63. The Morgan fingerprint density at radius 1 is 1.40 bits per heavy atom. The second kappa shape index (κ2) is 4.93. The molecule has 0 radical (unpaired) electrons. The van der Waals surface area contributed by atoms with Gasteiger partial charge in [0.2, 0.25) is 5.91 Å². The van der Waals surface area contributed by atoms with E-state index in [1.165, 1.54) is 31.3 Å². The Morgan fingerprint density at radius 3 is 2.60 bits per heavy atom. The number of rotatable bonds is 3. The molecular weight excluding hydrogens is 286 g/mol. The van der Waals surface area contributed by atoms with Crippen molar-refractivity contribution >= 4 is 34.0 Å². The van der Waals surface area contributed by atoms with E-state index in [0.717, 1.165) is 4.57 Å². The zero-order chi connectivity index (χ0) is 15.0. The number of nitro benzene ring substituents is 1. The molecule has 0 aliphatic rings. The summed E-state index contributed by atoms with van der Waals surface area (Å²) in [5, 5.41) is 11.2. The van der Waals surface area contributed by atoms with E-state index in [-0.39, 0.29) is 21.5 Å². The van der Waals surface area contributed by atoms with E-state index in [9.17, 15) is 19.7 Å². The summed E-state index contributed by atoms with van der Waals surface area (Å²) in [6.45, 7) is 1.47. The number of hydrogen-bond acceptors (Lipinski definition) is 4. The summed E-state index contributed by atoms with van der Waals surface area (Å²) >= 11 is 5.78. The number of nitrogens with two attached hydrogens (primary N) is 1. The topological polar surface area (TPSA) is 108 Å². The van der Waals surface area contributed by atoms with Gasteiger partial charge in [0.25, 0.3) is 11.2 Å². The van der Waals surface area contributed by atoms with E-state index in [2.05, 4.69) is 0 Å². The highest BCUT2D eigenvalue weighted by Gasteiger charge is 2.21. The number of benzene rings is 1. The predicted octanol–water partition coefficient (Wildman–Crippen LogP) is 1.61. The molecule has 1 amide bonds. The van der Waals surface area contributed by atoms with Crippen LogP contribution in [0, 0.1) is 10.1 Å². The number of pyridine rings is 1. The van der Waals surface area contributed by atoms with Crippen LogP contribution < -0.4 is 11.3 Å². The Hall–Kier alpha value is -2.41. The van der Waals surface area contributed by atoms with Crippen LogP contribution in [-0.2, 0) is 4.79 Å². The molecule has 8 heteroatoms. The van der Waals surface area contributed by atoms with Crippen LogP contribution in [0.25, 0.3) is 10.8 Å². The van der Waals surface area contributed by atoms with Crippen molar-refractivity contribution in [3.05, 3.63) is 49.9 Å². The number of halogens is 1. The summed E-state index contributed by atoms with van der Waals surface area (Å²) in [5.41, 5.74) is 4.29. The molecule has 1 aromatic carbocycles. The Labute approximate surface area is 117 Å². The largest absolute Gasteiger partial charge is 0.368 e. The highest BCUT2D eigenvalue weighted by Crippen LogP contribution is 2.31. The first kappa shape index (κ1) is 14.0. The van der Waals surface area contributed by atoms with Gasteiger partial charge in [-0.05, 0) is 25.1 Å². The normalized spacial score (nSPS) is 12.3. The number of amides is 1. The Morgan fingerprint density at radius 2 is 2.05 bits per heavy atom. The molecule has 0 aliphatic carbocycles. The van der Waals surface area contributed by atoms with Crippen LogP contribution in [0.5, 0.6) is 0 Å². The molecule has 2 aromatic rings. The number of carbonyl (C=O) groups is 1. The van der Waals surface area contributed by atoms with Crippen LogP contribution >= 0.6 is 11.6 Å². The first-order valence-corrected chi connectivity index (χ1v) is 5.99. The van der Waals surface area contributed by atoms with Gasteiger partial charge in [-0.1, -0.05) is 11.6 Å². The highest BCUT2D eigenvalue weighted by atomic mass is 35.5. The highest BCUT2D eigenvalue weighted by molar-refractivity contribution is 6.34. The van der Waals surface area contributed by atoms with E-state index in [4.69, 9.17) is 17.3 Å². The van der Waals surface area contributed by atoms with Gasteiger partial charge in [0.15, 0.2) is 0 Å². The number of hydrogen-bond donors (Lipinski definition) is 1. The van der Waals surface area contributed by atoms with Crippen molar-refractivity contribution in [3.63, 3.8) is 0 Å². The fourth-order valence-corrected chi connectivity index (χ4v) is 2.16. The zero-order valence-corrected chi connectivity index (χ0v) is 11.1. The van der Waals surface area contributed by atoms with Crippen molar-refractivity contribution in [3.8, 4) is 0 Å². The summed E-state index contributed by atoms with van der Waals surface area (Å²) < 4.78 is 1.13. The van der Waals surface area contributed by atoms with Crippen molar-refractivity contribution < 1.29 is 9.72 Å². The molecule has 0 fully saturated rings. The summed E-state index contributed by atoms with van der Waals surface area (Å²) in [6, 6.07) is 3.20. The second-order valence-electron chi connectivity index (χ2n) is 4.22. The monoisotopic (exact) mass is 295 g/mol. The molecule has 20 heavy (non-hydrogen) atoms. The summed E-state index contributed by atoms with van der Waals surface area (Å²) in [5.74, 6) is -0.671. The van der Waals surface area contributed by atoms with Gasteiger partial charge < -0.3 is 10.3 Å². The molecule has 7 nitrogen and oxygen atoms in total. The fourth-order valence-electron chi connectivity index (χ4n) is 1.93. The molecule has 104 valence electrons. The number of carbonyl (C=O) groups excluding carboxylic acids is 1. The molecule has 0 aliphatic heterocycles. The van der Waals surface area contributed by atoms with Crippen molar-refractivity contribution in [2.45, 2.75) is 13.0 Å². The van der Waals surface area contributed by atoms with Gasteiger partial charge in [-0.15, -0.1) is 0 Å². The minimum absolute atomic E-state index is 0.0531. The predicted molar refractivity (Wildman–Crippen MR) is 73.8 cm³/mol. The fraction of sp³-hybridized carbons (Fsp3) is 0.167. The summed E-state index contributed by atoms with van der Waals surface area (Å²) in [4.78, 5) is 33.8. The number of primary amides is 1. The quantitative estimate of drug-likeness (QED) is 0.685. The molecule has 0 unspecified atom stereocenters. The summed E-state index contributed by atoms with van der Waals surface area (Å²) in [7, 11) is 0. The minimum Gasteiger partial charge on any atom is -0.368 e. The van der Waals surface area contributed by atoms with Gasteiger partial charge >= 0.3 is 0 Å². The Kier molecular flexibility index (Phi) is 3.46. The van der Waals surface area contributed by atoms with Crippen LogP contribution in [-0.4, -0.2) is 15.4 Å². The molecule has 2 rings (SSSR count). The molecule has 0 saturated heterocycles. The molecular formula is C12H10ClN3O4. The lowest BCUT2D eigenvalue weighted by atomic mass is 10.1. The first-order chi connectivity index (χ1) is 9.34. The van der Waals surface area contributed by atoms with Crippen molar-refractivity contribution in [2.75, 3.05) is 0 Å². The molecule has 2 N–H and O–H groups in total. The number of aromatic nitrogens is 1. The molecule has 0 saturated carbocycles. The van der Waals surface area contributed by atoms with Crippen molar-refractivity contribution in [1.82, 2.24) is 4.57 Å². The number of nitrogens with zero attached hydrogens (tertiary/aromatic N) is 2. The standard InChI is InChI=1S/C12H10ClN3O4/c1-6(11(14)17)15-5-4-7-8(12(15)18)2-3-9(13)10(7)16(19)20/h2-6H,1H3,(H2,14,17)/t6-/m0/s1. The van der Waals surface area contributed by atoms with E-state index < -0.39 is 22.4 Å². The third-order valence-corrected chi connectivity index (χ3v) is 3.35. The van der Waals surface area contributed by atoms with Crippen LogP contribution in [0.2, 0.25) is 5.02 Å². The lowest BCUT2D eigenvalue weighted by molar-refractivity contribution is -0.382. The number of fused-ring (bicyclic) bond motifs is 1. The molecule has 1 aromatic heterocycles. The maximum atomic E-state index is 12.2. The van der Waals surface area contributed by atoms with Crippen LogP contribution in [0.4, 0.5) is 5.69 Å². The lowest BCUT2D eigenvalue weighted by Gasteiger charge is -2.12. The van der Waals surface area contributed by atoms with Crippen LogP contribution in [0.15, 0.2) is 29.2 Å². The van der Waals surface area contributed by atoms with Crippen molar-refractivity contribution in [1.29, 1.82) is 0 Å². The SMILES string of the molecule is C[C@@H](C(N)=O)n1ccc2c([N+](=O)[O-])c(Cl)ccc2c1=O. The zero-order valence-electron chi connectivity index (χ0n) is 10.4. The number of nitro groups is 1. The molecule has 0 spiro atoms. The molecule has 0 bridgehead atoms. The average molecular weight is 296 g/mol. The lowest BCUT2D eigenvalue weighted by Crippen LogP contribution is -2.31. The van der Waals surface area contributed by atoms with Crippen LogP contribution in [0.1, 0.15) is 13.0 Å². The Bertz CT molecular complexity index is 784. The van der Waals surface area contributed by atoms with Gasteiger partial charge in [-0.3, -0.25) is 19.7 Å². The van der Waals surface area contributed by atoms with E-state index in [1.807, 2.05) is 0 Å². The maximum Gasteiger partial charge on any atom is 0.295 e. The van der Waals surface area contributed by atoms with Crippen LogP contribution in [0.3, 0.4) is 0 Å². The van der Waals surface area contributed by atoms with Gasteiger partial charge in [0.1, 0.15) is 11.1 Å². The van der Waals surface area contributed by atoms with Crippen molar-refractivity contribution in [2.24, 2.45) is 5.73 Å². The van der Waals surface area contributed by atoms with Gasteiger partial charge in [-0.25, -0.2) is 0 Å². The van der Waals surface area contributed by atoms with E-state index >= 15 is 0 Å². The maximum absolute atomic E-state index is 12.2. The molecule has 1 atom stereocenters. The smallest absolute Gasteiger partial charge is 0.295 e. The van der Waals surface area contributed by atoms with Gasteiger partial charge in [0, 0.05) is 6.20 Å².